The normalized spacial score (nSPS) is 14.1. The number of pyridine rings is 1. The molecule has 1 fully saturated rings. The fourth-order valence-corrected chi connectivity index (χ4v) is 4.16. The van der Waals surface area contributed by atoms with Gasteiger partial charge in [-0.3, -0.25) is 4.79 Å². The Balaban J connectivity index is 1.53. The number of rotatable bonds is 5. The molecule has 2 aromatic carbocycles. The Hall–Kier alpha value is -3.44. The highest BCUT2D eigenvalue weighted by Gasteiger charge is 2.20. The van der Waals surface area contributed by atoms with Crippen molar-refractivity contribution in [3.8, 4) is 22.4 Å². The van der Waals surface area contributed by atoms with E-state index < -0.39 is 0 Å². The van der Waals surface area contributed by atoms with E-state index in [1.807, 2.05) is 41.3 Å². The summed E-state index contributed by atoms with van der Waals surface area (Å²) in [6.07, 6.45) is 3.24. The fourth-order valence-electron chi connectivity index (χ4n) is 4.16. The second-order valence-electron chi connectivity index (χ2n) is 7.78. The molecule has 0 unspecified atom stereocenters. The number of aromatic nitrogens is 2. The number of benzene rings is 2. The lowest BCUT2D eigenvalue weighted by molar-refractivity contribution is -0.135. The Morgan fingerprint density at radius 1 is 0.839 bits per heavy atom. The second-order valence-corrected chi connectivity index (χ2v) is 7.78. The van der Waals surface area contributed by atoms with Gasteiger partial charge in [0.15, 0.2) is 0 Å². The molecule has 3 heterocycles. The summed E-state index contributed by atoms with van der Waals surface area (Å²) in [5, 5.41) is 0. The molecule has 0 radical (unpaired) electrons. The molecule has 1 amide bonds. The summed E-state index contributed by atoms with van der Waals surface area (Å²) in [6, 6.07) is 24.7. The van der Waals surface area contributed by atoms with Crippen molar-refractivity contribution in [1.29, 1.82) is 0 Å². The van der Waals surface area contributed by atoms with Gasteiger partial charge in [-0.25, -0.2) is 4.98 Å². The van der Waals surface area contributed by atoms with Crippen LogP contribution in [-0.2, 0) is 16.0 Å². The summed E-state index contributed by atoms with van der Waals surface area (Å²) in [6.45, 7) is 2.60. The van der Waals surface area contributed by atoms with Crippen molar-refractivity contribution < 1.29 is 9.53 Å². The Kier molecular flexibility index (Phi) is 5.50. The molecule has 5 heteroatoms. The molecular formula is C26H25N3O2. The van der Waals surface area contributed by atoms with Crippen molar-refractivity contribution in [3.05, 3.63) is 84.7 Å². The Bertz CT molecular complexity index is 1180. The number of fused-ring (bicyclic) bond motifs is 1. The van der Waals surface area contributed by atoms with Crippen LogP contribution < -0.4 is 0 Å². The lowest BCUT2D eigenvalue weighted by Crippen LogP contribution is -2.40. The summed E-state index contributed by atoms with van der Waals surface area (Å²) in [5.74, 6) is 0.177. The molecule has 0 aliphatic carbocycles. The summed E-state index contributed by atoms with van der Waals surface area (Å²) in [7, 11) is 0. The fraction of sp³-hybridized carbons (Fsp3) is 0.231. The highest BCUT2D eigenvalue weighted by molar-refractivity contribution is 5.77. The van der Waals surface area contributed by atoms with Crippen LogP contribution in [0.1, 0.15) is 12.1 Å². The first-order chi connectivity index (χ1) is 15.3. The standard InChI is InChI=1S/C26H25N3O2/c30-25(28-15-17-31-18-16-28)14-12-23-26(21-9-5-2-6-10-21)27-24-13-11-22(19-29(23)24)20-7-3-1-4-8-20/h1-11,13,19H,12,14-18H2. The summed E-state index contributed by atoms with van der Waals surface area (Å²) >= 11 is 0. The largest absolute Gasteiger partial charge is 0.378 e. The van der Waals surface area contributed by atoms with E-state index in [1.54, 1.807) is 0 Å². The molecular weight excluding hydrogens is 386 g/mol. The van der Waals surface area contributed by atoms with Gasteiger partial charge in [0.25, 0.3) is 0 Å². The Labute approximate surface area is 181 Å². The maximum Gasteiger partial charge on any atom is 0.223 e. The van der Waals surface area contributed by atoms with Crippen LogP contribution in [0.2, 0.25) is 0 Å². The zero-order valence-electron chi connectivity index (χ0n) is 17.4. The predicted molar refractivity (Wildman–Crippen MR) is 122 cm³/mol. The molecule has 1 aliphatic rings. The minimum Gasteiger partial charge on any atom is -0.378 e. The van der Waals surface area contributed by atoms with Gasteiger partial charge in [0.05, 0.1) is 24.6 Å². The van der Waals surface area contributed by atoms with Gasteiger partial charge in [-0.1, -0.05) is 60.7 Å². The van der Waals surface area contributed by atoms with Gasteiger partial charge in [-0.05, 0) is 29.7 Å². The van der Waals surface area contributed by atoms with Gasteiger partial charge in [-0.15, -0.1) is 0 Å². The first-order valence-electron chi connectivity index (χ1n) is 10.8. The van der Waals surface area contributed by atoms with Gasteiger partial charge in [0.1, 0.15) is 5.65 Å². The van der Waals surface area contributed by atoms with E-state index in [1.165, 1.54) is 0 Å². The van der Waals surface area contributed by atoms with Crippen molar-refractivity contribution in [3.63, 3.8) is 0 Å². The Morgan fingerprint density at radius 2 is 1.52 bits per heavy atom. The lowest BCUT2D eigenvalue weighted by Gasteiger charge is -2.26. The van der Waals surface area contributed by atoms with Crippen LogP contribution in [-0.4, -0.2) is 46.5 Å². The van der Waals surface area contributed by atoms with Crippen LogP contribution in [0.3, 0.4) is 0 Å². The summed E-state index contributed by atoms with van der Waals surface area (Å²) < 4.78 is 7.53. The van der Waals surface area contributed by atoms with Crippen molar-refractivity contribution in [2.75, 3.05) is 26.3 Å². The molecule has 4 aromatic rings. The third-order valence-electron chi connectivity index (χ3n) is 5.81. The topological polar surface area (TPSA) is 46.8 Å². The molecule has 0 saturated carbocycles. The second kappa shape index (κ2) is 8.74. The monoisotopic (exact) mass is 411 g/mol. The molecule has 0 atom stereocenters. The van der Waals surface area contributed by atoms with Gasteiger partial charge in [0, 0.05) is 31.3 Å². The molecule has 0 N–H and O–H groups in total. The molecule has 2 aromatic heterocycles. The smallest absolute Gasteiger partial charge is 0.223 e. The number of imidazole rings is 1. The zero-order chi connectivity index (χ0) is 21.0. The first kappa shape index (κ1) is 19.5. The van der Waals surface area contributed by atoms with Crippen molar-refractivity contribution in [2.24, 2.45) is 0 Å². The zero-order valence-corrected chi connectivity index (χ0v) is 17.4. The van der Waals surface area contributed by atoms with E-state index in [0.29, 0.717) is 39.1 Å². The quantitative estimate of drug-likeness (QED) is 0.487. The molecule has 1 saturated heterocycles. The number of morpholine rings is 1. The minimum atomic E-state index is 0.177. The summed E-state index contributed by atoms with van der Waals surface area (Å²) in [4.78, 5) is 19.6. The molecule has 31 heavy (non-hydrogen) atoms. The number of hydrogen-bond acceptors (Lipinski definition) is 3. The van der Waals surface area contributed by atoms with Gasteiger partial charge in [0.2, 0.25) is 5.91 Å². The number of amides is 1. The van der Waals surface area contributed by atoms with Crippen LogP contribution in [0, 0.1) is 0 Å². The third-order valence-corrected chi connectivity index (χ3v) is 5.81. The molecule has 156 valence electrons. The van der Waals surface area contributed by atoms with E-state index in [4.69, 9.17) is 9.72 Å². The molecule has 1 aliphatic heterocycles. The van der Waals surface area contributed by atoms with Crippen molar-refractivity contribution in [1.82, 2.24) is 14.3 Å². The highest BCUT2D eigenvalue weighted by Crippen LogP contribution is 2.28. The SMILES string of the molecule is O=C(CCc1c(-c2ccccc2)nc2ccc(-c3ccccc3)cn12)N1CCOCC1. The molecule has 0 spiro atoms. The van der Waals surface area contributed by atoms with E-state index in [2.05, 4.69) is 47.0 Å². The highest BCUT2D eigenvalue weighted by atomic mass is 16.5. The number of carbonyl (C=O) groups excluding carboxylic acids is 1. The predicted octanol–water partition coefficient (Wildman–Crippen LogP) is 4.46. The average Bonchev–Trinajstić information content (AvgIpc) is 3.22. The van der Waals surface area contributed by atoms with Gasteiger partial charge >= 0.3 is 0 Å². The maximum absolute atomic E-state index is 12.8. The number of aryl methyl sites for hydroxylation is 1. The average molecular weight is 412 g/mol. The number of ether oxygens (including phenoxy) is 1. The lowest BCUT2D eigenvalue weighted by atomic mass is 10.1. The third kappa shape index (κ3) is 4.09. The van der Waals surface area contributed by atoms with Gasteiger partial charge < -0.3 is 14.0 Å². The van der Waals surface area contributed by atoms with Crippen LogP contribution in [0.15, 0.2) is 79.0 Å². The minimum absolute atomic E-state index is 0.177. The van der Waals surface area contributed by atoms with Crippen molar-refractivity contribution >= 4 is 11.6 Å². The van der Waals surface area contributed by atoms with Crippen LogP contribution in [0.25, 0.3) is 28.0 Å². The maximum atomic E-state index is 12.8. The van der Waals surface area contributed by atoms with Crippen LogP contribution in [0.4, 0.5) is 0 Å². The van der Waals surface area contributed by atoms with E-state index in [0.717, 1.165) is 33.7 Å². The van der Waals surface area contributed by atoms with Crippen molar-refractivity contribution in [2.45, 2.75) is 12.8 Å². The first-order valence-corrected chi connectivity index (χ1v) is 10.8. The van der Waals surface area contributed by atoms with E-state index in [9.17, 15) is 4.79 Å². The number of hydrogen-bond donors (Lipinski definition) is 0. The molecule has 5 nitrogen and oxygen atoms in total. The molecule has 5 rings (SSSR count). The van der Waals surface area contributed by atoms with Gasteiger partial charge in [-0.2, -0.15) is 0 Å². The summed E-state index contributed by atoms with van der Waals surface area (Å²) in [5.41, 5.74) is 6.27. The number of carbonyl (C=O) groups is 1. The van der Waals surface area contributed by atoms with E-state index >= 15 is 0 Å². The van der Waals surface area contributed by atoms with Crippen LogP contribution in [0.5, 0.6) is 0 Å². The van der Waals surface area contributed by atoms with Crippen LogP contribution >= 0.6 is 0 Å². The molecule has 0 bridgehead atoms. The Morgan fingerprint density at radius 3 is 2.23 bits per heavy atom. The number of nitrogens with zero attached hydrogens (tertiary/aromatic N) is 3. The van der Waals surface area contributed by atoms with E-state index in [-0.39, 0.29) is 5.91 Å².